The topological polar surface area (TPSA) is 29.3 Å². The SMILES string of the molecule is NCC(c1ccccc1C(F)(F)F)N(CC1CC1)C1CC1. The van der Waals surface area contributed by atoms with Crippen LogP contribution in [0.25, 0.3) is 0 Å². The molecule has 116 valence electrons. The number of nitrogens with zero attached hydrogens (tertiary/aromatic N) is 1. The molecule has 0 amide bonds. The number of rotatable bonds is 6. The largest absolute Gasteiger partial charge is 0.416 e. The number of alkyl halides is 3. The molecule has 0 bridgehead atoms. The van der Waals surface area contributed by atoms with Gasteiger partial charge in [0.05, 0.1) is 5.56 Å². The lowest BCUT2D eigenvalue weighted by molar-refractivity contribution is -0.138. The average molecular weight is 298 g/mol. The number of halogens is 3. The van der Waals surface area contributed by atoms with Gasteiger partial charge in [-0.3, -0.25) is 4.90 Å². The van der Waals surface area contributed by atoms with E-state index in [2.05, 4.69) is 4.90 Å². The van der Waals surface area contributed by atoms with Gasteiger partial charge in [-0.25, -0.2) is 0 Å². The molecule has 1 aromatic rings. The van der Waals surface area contributed by atoms with Crippen LogP contribution >= 0.6 is 0 Å². The molecule has 2 N–H and O–H groups in total. The van der Waals surface area contributed by atoms with Crippen molar-refractivity contribution in [2.75, 3.05) is 13.1 Å². The van der Waals surface area contributed by atoms with E-state index in [1.54, 1.807) is 12.1 Å². The van der Waals surface area contributed by atoms with Gasteiger partial charge in [0.15, 0.2) is 0 Å². The van der Waals surface area contributed by atoms with Crippen LogP contribution in [0.5, 0.6) is 0 Å². The number of nitrogens with two attached hydrogens (primary N) is 1. The van der Waals surface area contributed by atoms with E-state index in [4.69, 9.17) is 5.73 Å². The second-order valence-corrected chi connectivity index (χ2v) is 6.21. The Morgan fingerprint density at radius 3 is 2.33 bits per heavy atom. The number of hydrogen-bond acceptors (Lipinski definition) is 2. The van der Waals surface area contributed by atoms with E-state index < -0.39 is 11.7 Å². The second-order valence-electron chi connectivity index (χ2n) is 6.21. The summed E-state index contributed by atoms with van der Waals surface area (Å²) in [5.74, 6) is 0.651. The van der Waals surface area contributed by atoms with Gasteiger partial charge >= 0.3 is 6.18 Å². The van der Waals surface area contributed by atoms with Gasteiger partial charge in [-0.1, -0.05) is 18.2 Å². The highest BCUT2D eigenvalue weighted by Gasteiger charge is 2.41. The fraction of sp³-hybridized carbons (Fsp3) is 0.625. The van der Waals surface area contributed by atoms with E-state index in [-0.39, 0.29) is 12.6 Å². The fourth-order valence-electron chi connectivity index (χ4n) is 3.02. The molecular formula is C16H21F3N2. The molecule has 0 radical (unpaired) electrons. The van der Waals surface area contributed by atoms with Crippen molar-refractivity contribution >= 4 is 0 Å². The third-order valence-electron chi connectivity index (χ3n) is 4.43. The number of hydrogen-bond donors (Lipinski definition) is 1. The minimum absolute atomic E-state index is 0.232. The lowest BCUT2D eigenvalue weighted by atomic mass is 9.98. The highest BCUT2D eigenvalue weighted by atomic mass is 19.4. The average Bonchev–Trinajstić information content (AvgIpc) is 3.31. The fourth-order valence-corrected chi connectivity index (χ4v) is 3.02. The van der Waals surface area contributed by atoms with Crippen LogP contribution < -0.4 is 5.73 Å². The van der Waals surface area contributed by atoms with Gasteiger partial charge in [0.2, 0.25) is 0 Å². The van der Waals surface area contributed by atoms with Gasteiger partial charge < -0.3 is 5.73 Å². The van der Waals surface area contributed by atoms with Crippen molar-refractivity contribution < 1.29 is 13.2 Å². The molecule has 21 heavy (non-hydrogen) atoms. The molecule has 0 aliphatic heterocycles. The maximum Gasteiger partial charge on any atom is 0.416 e. The summed E-state index contributed by atoms with van der Waals surface area (Å²) in [4.78, 5) is 2.22. The van der Waals surface area contributed by atoms with Crippen molar-refractivity contribution in [1.82, 2.24) is 4.90 Å². The van der Waals surface area contributed by atoms with Crippen molar-refractivity contribution in [3.05, 3.63) is 35.4 Å². The van der Waals surface area contributed by atoms with Gasteiger partial charge in [0, 0.05) is 25.2 Å². The van der Waals surface area contributed by atoms with Gasteiger partial charge in [-0.15, -0.1) is 0 Å². The predicted octanol–water partition coefficient (Wildman–Crippen LogP) is 3.58. The molecule has 1 atom stereocenters. The molecule has 0 aromatic heterocycles. The van der Waals surface area contributed by atoms with Gasteiger partial charge in [0.25, 0.3) is 0 Å². The van der Waals surface area contributed by atoms with E-state index in [1.165, 1.54) is 25.0 Å². The zero-order valence-electron chi connectivity index (χ0n) is 11.9. The summed E-state index contributed by atoms with van der Waals surface area (Å²) >= 11 is 0. The third kappa shape index (κ3) is 3.40. The summed E-state index contributed by atoms with van der Waals surface area (Å²) in [6, 6.07) is 5.97. The summed E-state index contributed by atoms with van der Waals surface area (Å²) in [5.41, 5.74) is 5.66. The molecule has 3 rings (SSSR count). The molecule has 0 heterocycles. The molecule has 2 aliphatic rings. The van der Waals surface area contributed by atoms with Crippen molar-refractivity contribution in [2.24, 2.45) is 11.7 Å². The van der Waals surface area contributed by atoms with E-state index in [1.807, 2.05) is 0 Å². The maximum absolute atomic E-state index is 13.2. The molecule has 5 heteroatoms. The van der Waals surface area contributed by atoms with Crippen LogP contribution in [0.2, 0.25) is 0 Å². The Morgan fingerprint density at radius 2 is 1.81 bits per heavy atom. The first-order valence-corrected chi connectivity index (χ1v) is 7.62. The van der Waals surface area contributed by atoms with E-state index in [0.29, 0.717) is 17.5 Å². The third-order valence-corrected chi connectivity index (χ3v) is 4.43. The second kappa shape index (κ2) is 5.61. The smallest absolute Gasteiger partial charge is 0.329 e. The summed E-state index contributed by atoms with van der Waals surface area (Å²) in [5, 5.41) is 0. The van der Waals surface area contributed by atoms with Crippen LogP contribution in [0.15, 0.2) is 24.3 Å². The Morgan fingerprint density at radius 1 is 1.14 bits per heavy atom. The van der Waals surface area contributed by atoms with E-state index in [9.17, 15) is 13.2 Å². The van der Waals surface area contributed by atoms with Crippen LogP contribution in [-0.2, 0) is 6.18 Å². The van der Waals surface area contributed by atoms with E-state index >= 15 is 0 Å². The van der Waals surface area contributed by atoms with Crippen molar-refractivity contribution in [2.45, 2.75) is 43.9 Å². The van der Waals surface area contributed by atoms with Crippen LogP contribution in [0.1, 0.15) is 42.9 Å². The normalized spacial score (nSPS) is 20.8. The molecule has 2 nitrogen and oxygen atoms in total. The Kier molecular flexibility index (Phi) is 3.97. The Labute approximate surface area is 123 Å². The van der Waals surface area contributed by atoms with Crippen molar-refractivity contribution in [3.8, 4) is 0 Å². The maximum atomic E-state index is 13.2. The first-order chi connectivity index (χ1) is 10.0. The molecule has 0 spiro atoms. The minimum atomic E-state index is -4.32. The molecule has 0 saturated heterocycles. The summed E-state index contributed by atoms with van der Waals surface area (Å²) < 4.78 is 39.7. The van der Waals surface area contributed by atoms with Gasteiger partial charge in [-0.2, -0.15) is 13.2 Å². The van der Waals surface area contributed by atoms with Crippen LogP contribution in [0.4, 0.5) is 13.2 Å². The van der Waals surface area contributed by atoms with Crippen LogP contribution in [-0.4, -0.2) is 24.0 Å². The monoisotopic (exact) mass is 298 g/mol. The quantitative estimate of drug-likeness (QED) is 0.870. The molecule has 2 saturated carbocycles. The standard InChI is InChI=1S/C16H21F3N2/c17-16(18,19)14-4-2-1-3-13(14)15(9-20)21(12-7-8-12)10-11-5-6-11/h1-4,11-12,15H,5-10,20H2. The first kappa shape index (κ1) is 14.9. The molecular weight excluding hydrogens is 277 g/mol. The Hall–Kier alpha value is -1.07. The summed E-state index contributed by atoms with van der Waals surface area (Å²) in [7, 11) is 0. The lowest BCUT2D eigenvalue weighted by Gasteiger charge is -2.33. The summed E-state index contributed by atoms with van der Waals surface area (Å²) in [6.07, 6.45) is 0.233. The Bertz CT molecular complexity index is 493. The highest BCUT2D eigenvalue weighted by Crippen LogP contribution is 2.42. The molecule has 1 unspecified atom stereocenters. The minimum Gasteiger partial charge on any atom is -0.329 e. The molecule has 2 fully saturated rings. The highest BCUT2D eigenvalue weighted by molar-refractivity contribution is 5.33. The molecule has 1 aromatic carbocycles. The van der Waals surface area contributed by atoms with E-state index in [0.717, 1.165) is 19.4 Å². The zero-order chi connectivity index (χ0) is 15.0. The van der Waals surface area contributed by atoms with Gasteiger partial charge in [0.1, 0.15) is 0 Å². The summed E-state index contributed by atoms with van der Waals surface area (Å²) in [6.45, 7) is 1.12. The Balaban J connectivity index is 1.91. The number of benzene rings is 1. The van der Waals surface area contributed by atoms with Crippen molar-refractivity contribution in [1.29, 1.82) is 0 Å². The lowest BCUT2D eigenvalue weighted by Crippen LogP contribution is -2.38. The zero-order valence-corrected chi connectivity index (χ0v) is 11.9. The van der Waals surface area contributed by atoms with Crippen LogP contribution in [0, 0.1) is 5.92 Å². The molecule has 2 aliphatic carbocycles. The van der Waals surface area contributed by atoms with Crippen molar-refractivity contribution in [3.63, 3.8) is 0 Å². The predicted molar refractivity (Wildman–Crippen MR) is 75.7 cm³/mol. The van der Waals surface area contributed by atoms with Gasteiger partial charge in [-0.05, 0) is 43.2 Å². The van der Waals surface area contributed by atoms with Crippen LogP contribution in [0.3, 0.4) is 0 Å². The first-order valence-electron chi connectivity index (χ1n) is 7.62.